The van der Waals surface area contributed by atoms with E-state index in [1.54, 1.807) is 50.4 Å². The number of methoxy groups -OCH3 is 1. The smallest absolute Gasteiger partial charge is 0.244 e. The maximum absolute atomic E-state index is 13.7. The average Bonchev–Trinajstić information content (AvgIpc) is 2.86. The first-order valence-electron chi connectivity index (χ1n) is 12.0. The van der Waals surface area contributed by atoms with Gasteiger partial charge in [0.1, 0.15) is 18.3 Å². The molecule has 0 spiro atoms. The number of rotatable bonds is 10. The molecule has 0 bridgehead atoms. The van der Waals surface area contributed by atoms with Crippen molar-refractivity contribution < 1.29 is 22.7 Å². The Bertz CT molecular complexity index is 1150. The van der Waals surface area contributed by atoms with Crippen molar-refractivity contribution in [2.45, 2.75) is 57.7 Å². The highest BCUT2D eigenvalue weighted by Crippen LogP contribution is 2.28. The molecule has 2 aromatic rings. The van der Waals surface area contributed by atoms with Crippen LogP contribution in [0.1, 0.15) is 44.6 Å². The number of anilines is 1. The number of nitrogens with zero attached hydrogens (tertiary/aromatic N) is 2. The minimum atomic E-state index is -3.78. The van der Waals surface area contributed by atoms with Crippen LogP contribution in [0.3, 0.4) is 0 Å². The summed E-state index contributed by atoms with van der Waals surface area (Å²) in [5, 5.41) is 3.09. The maximum Gasteiger partial charge on any atom is 0.244 e. The third-order valence-corrected chi connectivity index (χ3v) is 8.23. The Morgan fingerprint density at radius 2 is 1.72 bits per heavy atom. The molecule has 1 aliphatic rings. The van der Waals surface area contributed by atoms with Crippen LogP contribution in [0.5, 0.6) is 5.75 Å². The Morgan fingerprint density at radius 3 is 2.31 bits per heavy atom. The largest absolute Gasteiger partial charge is 0.497 e. The molecule has 10 heteroatoms. The van der Waals surface area contributed by atoms with E-state index in [4.69, 9.17) is 4.74 Å². The number of ether oxygens (including phenoxy) is 1. The van der Waals surface area contributed by atoms with Crippen LogP contribution in [0, 0.1) is 0 Å². The summed E-state index contributed by atoms with van der Waals surface area (Å²) in [5.41, 5.74) is 1.16. The lowest BCUT2D eigenvalue weighted by molar-refractivity contribution is -0.139. The normalized spacial score (nSPS) is 15.1. The lowest BCUT2D eigenvalue weighted by Crippen LogP contribution is -2.53. The third kappa shape index (κ3) is 7.46. The number of sulfonamides is 1. The Morgan fingerprint density at radius 1 is 1.08 bits per heavy atom. The molecule has 0 radical (unpaired) electrons. The van der Waals surface area contributed by atoms with Crippen molar-refractivity contribution in [1.29, 1.82) is 0 Å². The zero-order valence-corrected chi connectivity index (χ0v) is 23.3. The molecule has 3 rings (SSSR count). The summed E-state index contributed by atoms with van der Waals surface area (Å²) in [5.74, 6) is -0.0363. The second-order valence-electron chi connectivity index (χ2n) is 9.11. The summed E-state index contributed by atoms with van der Waals surface area (Å²) < 4.78 is 32.2. The van der Waals surface area contributed by atoms with Crippen LogP contribution in [0.2, 0.25) is 0 Å². The van der Waals surface area contributed by atoms with Gasteiger partial charge in [-0.2, -0.15) is 0 Å². The Balaban J connectivity index is 1.87. The van der Waals surface area contributed by atoms with Gasteiger partial charge in [-0.25, -0.2) is 8.42 Å². The Labute approximate surface area is 222 Å². The predicted molar refractivity (Wildman–Crippen MR) is 144 cm³/mol. The van der Waals surface area contributed by atoms with Gasteiger partial charge in [0.25, 0.3) is 0 Å². The highest BCUT2D eigenvalue weighted by Gasteiger charge is 2.31. The van der Waals surface area contributed by atoms with E-state index in [0.717, 1.165) is 41.8 Å². The molecule has 1 aliphatic carbocycles. The number of halogens is 1. The van der Waals surface area contributed by atoms with Gasteiger partial charge in [0.05, 0.1) is 19.1 Å². The van der Waals surface area contributed by atoms with E-state index in [2.05, 4.69) is 21.2 Å². The summed E-state index contributed by atoms with van der Waals surface area (Å²) in [6.07, 6.45) is 6.23. The number of amides is 2. The van der Waals surface area contributed by atoms with E-state index >= 15 is 0 Å². The van der Waals surface area contributed by atoms with Crippen molar-refractivity contribution in [3.63, 3.8) is 0 Å². The topological polar surface area (TPSA) is 96.0 Å². The number of hydrogen-bond donors (Lipinski definition) is 1. The SMILES string of the molecule is COc1ccc(CN(C(=O)CN(c2ccccc2Br)S(C)(=O)=O)[C@H](C)C(=O)NC2CCCCC2)cc1. The molecule has 0 heterocycles. The standard InChI is InChI=1S/C26H34BrN3O5S/c1-19(26(32)28-21-9-5-4-6-10-21)29(17-20-13-15-22(35-2)16-14-20)25(31)18-30(36(3,33)34)24-12-8-7-11-23(24)27/h7-8,11-16,19,21H,4-6,9-10,17-18H2,1-3H3,(H,28,32)/t19-/m1/s1. The molecule has 0 aliphatic heterocycles. The van der Waals surface area contributed by atoms with E-state index in [1.807, 2.05) is 12.1 Å². The predicted octanol–water partition coefficient (Wildman–Crippen LogP) is 4.09. The van der Waals surface area contributed by atoms with E-state index in [1.165, 1.54) is 11.3 Å². The summed E-state index contributed by atoms with van der Waals surface area (Å²) in [6, 6.07) is 13.4. The quantitative estimate of drug-likeness (QED) is 0.457. The fourth-order valence-corrected chi connectivity index (χ4v) is 5.81. The first kappa shape index (κ1) is 28.0. The second kappa shape index (κ2) is 12.6. The van der Waals surface area contributed by atoms with Gasteiger partial charge in [0.2, 0.25) is 21.8 Å². The molecule has 0 saturated heterocycles. The molecule has 1 saturated carbocycles. The first-order valence-corrected chi connectivity index (χ1v) is 14.7. The molecule has 36 heavy (non-hydrogen) atoms. The van der Waals surface area contributed by atoms with Gasteiger partial charge in [-0.1, -0.05) is 43.5 Å². The molecule has 1 N–H and O–H groups in total. The van der Waals surface area contributed by atoms with Crippen LogP contribution < -0.4 is 14.4 Å². The molecule has 2 aromatic carbocycles. The van der Waals surface area contributed by atoms with Crippen molar-refractivity contribution in [3.05, 3.63) is 58.6 Å². The summed E-state index contributed by atoms with van der Waals surface area (Å²) in [4.78, 5) is 28.3. The molecule has 196 valence electrons. The molecular weight excluding hydrogens is 546 g/mol. The Hall–Kier alpha value is -2.59. The van der Waals surface area contributed by atoms with Crippen molar-refractivity contribution >= 4 is 43.5 Å². The van der Waals surface area contributed by atoms with Gasteiger partial charge < -0.3 is 15.0 Å². The molecule has 0 unspecified atom stereocenters. The van der Waals surface area contributed by atoms with Gasteiger partial charge in [-0.05, 0) is 65.5 Å². The number of hydrogen-bond acceptors (Lipinski definition) is 5. The number of carbonyl (C=O) groups excluding carboxylic acids is 2. The monoisotopic (exact) mass is 579 g/mol. The fraction of sp³-hybridized carbons (Fsp3) is 0.462. The van der Waals surface area contributed by atoms with Gasteiger partial charge in [-0.15, -0.1) is 0 Å². The minimum absolute atomic E-state index is 0.0967. The van der Waals surface area contributed by atoms with Gasteiger partial charge in [0.15, 0.2) is 0 Å². The van der Waals surface area contributed by atoms with Crippen LogP contribution in [0.15, 0.2) is 53.0 Å². The lowest BCUT2D eigenvalue weighted by Gasteiger charge is -2.33. The van der Waals surface area contributed by atoms with Crippen molar-refractivity contribution in [2.75, 3.05) is 24.2 Å². The van der Waals surface area contributed by atoms with Crippen LogP contribution in [-0.4, -0.2) is 57.1 Å². The number of para-hydroxylation sites is 1. The summed E-state index contributed by atoms with van der Waals surface area (Å²) >= 11 is 3.38. The van der Waals surface area contributed by atoms with Crippen molar-refractivity contribution in [3.8, 4) is 5.75 Å². The first-order chi connectivity index (χ1) is 17.1. The van der Waals surface area contributed by atoms with E-state index < -0.39 is 28.5 Å². The van der Waals surface area contributed by atoms with E-state index in [9.17, 15) is 18.0 Å². The molecule has 8 nitrogen and oxygen atoms in total. The number of carbonyl (C=O) groups is 2. The fourth-order valence-electron chi connectivity index (χ4n) is 4.33. The highest BCUT2D eigenvalue weighted by molar-refractivity contribution is 9.10. The van der Waals surface area contributed by atoms with Gasteiger partial charge >= 0.3 is 0 Å². The van der Waals surface area contributed by atoms with Crippen molar-refractivity contribution in [2.24, 2.45) is 0 Å². The average molecular weight is 581 g/mol. The van der Waals surface area contributed by atoms with Crippen LogP contribution in [-0.2, 0) is 26.2 Å². The molecule has 1 atom stereocenters. The van der Waals surface area contributed by atoms with Crippen LogP contribution in [0.4, 0.5) is 5.69 Å². The van der Waals surface area contributed by atoms with Crippen molar-refractivity contribution in [1.82, 2.24) is 10.2 Å². The molecule has 0 aromatic heterocycles. The van der Waals surface area contributed by atoms with E-state index in [-0.39, 0.29) is 18.5 Å². The van der Waals surface area contributed by atoms with Gasteiger partial charge in [0, 0.05) is 17.1 Å². The number of benzene rings is 2. The minimum Gasteiger partial charge on any atom is -0.497 e. The molecular formula is C26H34BrN3O5S. The lowest BCUT2D eigenvalue weighted by atomic mass is 9.95. The zero-order chi connectivity index (χ0) is 26.3. The molecule has 1 fully saturated rings. The van der Waals surface area contributed by atoms with E-state index in [0.29, 0.717) is 15.9 Å². The summed E-state index contributed by atoms with van der Waals surface area (Å²) in [7, 11) is -2.21. The highest BCUT2D eigenvalue weighted by atomic mass is 79.9. The Kier molecular flexibility index (Phi) is 9.78. The van der Waals surface area contributed by atoms with Gasteiger partial charge in [-0.3, -0.25) is 13.9 Å². The van der Waals surface area contributed by atoms with Crippen LogP contribution in [0.25, 0.3) is 0 Å². The zero-order valence-electron chi connectivity index (χ0n) is 20.9. The molecule has 2 amide bonds. The maximum atomic E-state index is 13.7. The van der Waals surface area contributed by atoms with Crippen LogP contribution >= 0.6 is 15.9 Å². The number of nitrogens with one attached hydrogen (secondary N) is 1. The summed E-state index contributed by atoms with van der Waals surface area (Å²) in [6.45, 7) is 1.40. The third-order valence-electron chi connectivity index (χ3n) is 6.43. The second-order valence-corrected chi connectivity index (χ2v) is 11.9.